The van der Waals surface area contributed by atoms with Crippen molar-refractivity contribution < 1.29 is 67.8 Å². The summed E-state index contributed by atoms with van der Waals surface area (Å²) in [7, 11) is 0. The zero-order valence-electron chi connectivity index (χ0n) is 45.1. The molecule has 0 amide bonds. The average molecular weight is 1120 g/mol. The zero-order valence-corrected chi connectivity index (χ0v) is 49.7. The Hall–Kier alpha value is -1.74. The maximum Gasteiger partial charge on any atom is 2.00 e. The van der Waals surface area contributed by atoms with Crippen LogP contribution in [0.5, 0.6) is 23.0 Å². The molecule has 0 aliphatic carbocycles. The molecule has 0 saturated heterocycles. The Bertz CT molecular complexity index is 1730. The molecule has 9 heteroatoms. The van der Waals surface area contributed by atoms with Crippen molar-refractivity contribution in [1.82, 2.24) is 0 Å². The molecule has 4 rings (SSSR count). The summed E-state index contributed by atoms with van der Waals surface area (Å²) in [6.07, 6.45) is 18.8. The van der Waals surface area contributed by atoms with E-state index >= 15 is 0 Å². The van der Waals surface area contributed by atoms with E-state index in [1.807, 2.05) is 62.4 Å². The van der Waals surface area contributed by atoms with Gasteiger partial charge in [0.1, 0.15) is 0 Å². The van der Waals surface area contributed by atoms with E-state index in [-0.39, 0.29) is 61.1 Å². The van der Waals surface area contributed by atoms with Gasteiger partial charge in [-0.25, -0.2) is 0 Å². The number of unbranched alkanes of at least 4 members (excludes halogenated alkanes) is 8. The second kappa shape index (κ2) is 34.6. The van der Waals surface area contributed by atoms with Crippen LogP contribution < -0.4 is 20.4 Å². The van der Waals surface area contributed by atoms with Crippen molar-refractivity contribution in [3.63, 3.8) is 0 Å². The maximum absolute atomic E-state index is 12.6. The van der Waals surface area contributed by atoms with Gasteiger partial charge >= 0.3 is 72.1 Å². The van der Waals surface area contributed by atoms with Crippen molar-refractivity contribution in [2.24, 2.45) is 0 Å². The van der Waals surface area contributed by atoms with Gasteiger partial charge < -0.3 is 20.4 Å². The number of hydrogen-bond donors (Lipinski definition) is 0. The van der Waals surface area contributed by atoms with Crippen molar-refractivity contribution in [1.29, 1.82) is 0 Å². The molecular weight excluding hydrogens is 1020 g/mol. The van der Waals surface area contributed by atoms with Gasteiger partial charge in [0, 0.05) is 19.6 Å². The van der Waals surface area contributed by atoms with Gasteiger partial charge in [-0.05, 0) is 93.9 Å². The largest absolute Gasteiger partial charge is 2.00 e. The summed E-state index contributed by atoms with van der Waals surface area (Å²) in [6.45, 7) is 30.7. The monoisotopic (exact) mass is 1110 g/mol. The first-order chi connectivity index (χ1) is 32.0. The first-order valence-electron chi connectivity index (χ1n) is 25.7. The molecule has 0 aromatic heterocycles. The molecule has 0 fully saturated rings. The van der Waals surface area contributed by atoms with E-state index in [1.54, 1.807) is 24.3 Å². The molecule has 0 N–H and O–H groups in total. The number of hydrogen-bond acceptors (Lipinski definition) is 6. The third kappa shape index (κ3) is 24.2. The zero-order chi connectivity index (χ0) is 51.6. The Kier molecular flexibility index (Phi) is 33.8. The van der Waals surface area contributed by atoms with E-state index in [1.165, 1.54) is 123 Å². The van der Waals surface area contributed by atoms with E-state index in [2.05, 4.69) is 114 Å². The SMILES string of the molecule is CCCCCC(C)(C)c1ccc([O-])c(Sc2cc(C(C)(C)CCCCC)ccc2[O-])c1.CCCCCC(C)(C)c1ccc([O-])c(Sc2cc(C(C)(C)CCCCC)ccc2[O-])c1.C[CH2][Ni+].C[CH2][Ni+].[Ni+2]. The predicted molar refractivity (Wildman–Crippen MR) is 281 cm³/mol. The molecule has 0 spiro atoms. The molecule has 4 nitrogen and oxygen atoms in total. The van der Waals surface area contributed by atoms with Gasteiger partial charge in [-0.15, -0.1) is 0 Å². The normalized spacial score (nSPS) is 11.6. The van der Waals surface area contributed by atoms with E-state index in [0.717, 1.165) is 36.5 Å². The van der Waals surface area contributed by atoms with Crippen molar-refractivity contribution >= 4 is 23.5 Å². The number of rotatable bonds is 24. The summed E-state index contributed by atoms with van der Waals surface area (Å²) >= 11 is 11.0. The number of benzene rings is 4. The molecule has 0 aliphatic heterocycles. The van der Waals surface area contributed by atoms with Gasteiger partial charge in [0.15, 0.2) is 0 Å². The van der Waals surface area contributed by atoms with Crippen LogP contribution in [-0.4, -0.2) is 0 Å². The molecule has 0 saturated carbocycles. The van der Waals surface area contributed by atoms with Gasteiger partial charge in [-0.2, -0.15) is 0 Å². The Labute approximate surface area is 457 Å². The van der Waals surface area contributed by atoms with E-state index < -0.39 is 0 Å². The molecule has 4 aromatic carbocycles. The Morgan fingerprint density at radius 1 is 0.348 bits per heavy atom. The smallest absolute Gasteiger partial charge is 2.00 e. The molecule has 396 valence electrons. The van der Waals surface area contributed by atoms with Gasteiger partial charge in [-0.1, -0.05) is 255 Å². The Balaban J connectivity index is 0.00000119. The van der Waals surface area contributed by atoms with Gasteiger partial charge in [0.05, 0.1) is 0 Å². The second-order valence-electron chi connectivity index (χ2n) is 20.7. The van der Waals surface area contributed by atoms with Crippen LogP contribution in [0.1, 0.15) is 222 Å². The molecule has 0 aliphatic rings. The van der Waals surface area contributed by atoms with Crippen molar-refractivity contribution in [2.75, 3.05) is 0 Å². The molecule has 69 heavy (non-hydrogen) atoms. The summed E-state index contributed by atoms with van der Waals surface area (Å²) in [4.78, 5) is 2.61. The predicted octanol–water partition coefficient (Wildman–Crippen LogP) is 17.3. The summed E-state index contributed by atoms with van der Waals surface area (Å²) in [5.41, 5.74) is 4.76. The fraction of sp³-hybridized carbons (Fsp3) is 0.600. The van der Waals surface area contributed by atoms with Crippen molar-refractivity contribution in [3.05, 3.63) is 95.1 Å². The standard InChI is InChI=1S/2C28H42O2S.2C2H5.3Ni/c2*1-7-9-11-17-27(3,4)21-13-15-23(29)25(19-21)31-26-20-22(14-16-24(26)30)28(5,6)18-12-10-8-2;2*1-2;;;/h2*13-16,19-20,29-30H,7-12,17-18H2,1-6H3;2*1H2,2H3;;;/q;;;;2*+1;+2/p-4. The molecule has 0 bridgehead atoms. The first kappa shape index (κ1) is 67.3. The van der Waals surface area contributed by atoms with E-state index in [0.29, 0.717) is 19.6 Å². The van der Waals surface area contributed by atoms with Crippen LogP contribution in [0.25, 0.3) is 0 Å². The summed E-state index contributed by atoms with van der Waals surface area (Å²) in [6, 6.07) is 22.6. The maximum atomic E-state index is 12.6. The minimum atomic E-state index is -0.00915. The third-order valence-corrected chi connectivity index (χ3v) is 15.1. The molecule has 4 aromatic rings. The van der Waals surface area contributed by atoms with Crippen LogP contribution in [0, 0.1) is 0 Å². The van der Waals surface area contributed by atoms with Crippen LogP contribution in [0.15, 0.2) is 92.4 Å². The minimum Gasteiger partial charge on any atom is 2.00 e. The Morgan fingerprint density at radius 2 is 0.522 bits per heavy atom. The van der Waals surface area contributed by atoms with E-state index in [4.69, 9.17) is 0 Å². The topological polar surface area (TPSA) is 92.2 Å². The van der Waals surface area contributed by atoms with E-state index in [9.17, 15) is 20.4 Å². The molecule has 0 atom stereocenters. The summed E-state index contributed by atoms with van der Waals surface area (Å²) < 4.78 is 0. The molecule has 0 unspecified atom stereocenters. The van der Waals surface area contributed by atoms with Crippen LogP contribution >= 0.6 is 23.5 Å². The average Bonchev–Trinajstić information content (AvgIpc) is 3.27. The second-order valence-corrected chi connectivity index (χ2v) is 24.2. The van der Waals surface area contributed by atoms with Crippen LogP contribution in [0.3, 0.4) is 0 Å². The minimum absolute atomic E-state index is 0. The van der Waals surface area contributed by atoms with Crippen LogP contribution in [0.2, 0.25) is 10.8 Å². The third-order valence-electron chi connectivity index (χ3n) is 13.0. The van der Waals surface area contributed by atoms with Crippen LogP contribution in [-0.2, 0) is 69.1 Å². The fourth-order valence-corrected chi connectivity index (χ4v) is 10.0. The van der Waals surface area contributed by atoms with Gasteiger partial charge in [0.2, 0.25) is 0 Å². The summed E-state index contributed by atoms with van der Waals surface area (Å²) in [5, 5.41) is 52.2. The first-order valence-corrected chi connectivity index (χ1v) is 28.7. The van der Waals surface area contributed by atoms with Crippen molar-refractivity contribution in [3.8, 4) is 23.0 Å². The molecule has 0 radical (unpaired) electrons. The van der Waals surface area contributed by atoms with Crippen molar-refractivity contribution in [2.45, 2.75) is 252 Å². The van der Waals surface area contributed by atoms with Gasteiger partial charge in [-0.3, -0.25) is 0 Å². The summed E-state index contributed by atoms with van der Waals surface area (Å²) in [5.74, 6) is -0.0366. The Morgan fingerprint density at radius 3 is 0.681 bits per heavy atom. The quantitative estimate of drug-likeness (QED) is 0.0513. The van der Waals surface area contributed by atoms with Gasteiger partial charge in [0.25, 0.3) is 0 Å². The molecular formula is C60H90Ni3O4S2. The molecule has 0 heterocycles. The van der Waals surface area contributed by atoms with Crippen LogP contribution in [0.4, 0.5) is 0 Å². The fourth-order valence-electron chi connectivity index (χ4n) is 8.12.